The Hall–Kier alpha value is -1.42. The van der Waals surface area contributed by atoms with E-state index in [1.807, 2.05) is 6.92 Å². The van der Waals surface area contributed by atoms with E-state index >= 15 is 0 Å². The van der Waals surface area contributed by atoms with E-state index in [2.05, 4.69) is 0 Å². The van der Waals surface area contributed by atoms with Crippen molar-refractivity contribution in [3.05, 3.63) is 23.8 Å². The Morgan fingerprint density at radius 1 is 1.19 bits per heavy atom. The van der Waals surface area contributed by atoms with Gasteiger partial charge < -0.3 is 10.0 Å². The third-order valence-electron chi connectivity index (χ3n) is 4.23. The number of halogens is 6. The lowest BCUT2D eigenvalue weighted by Crippen LogP contribution is -2.54. The van der Waals surface area contributed by atoms with Crippen LogP contribution < -0.4 is 4.90 Å². The van der Waals surface area contributed by atoms with Gasteiger partial charge in [0.1, 0.15) is 0 Å². The topological polar surface area (TPSA) is 40.5 Å². The molecular weight excluding hydrogens is 384 g/mol. The molecule has 0 fully saturated rings. The first kappa shape index (κ1) is 20.9. The number of hydrogen-bond donors (Lipinski definition) is 1. The number of aliphatic hydroxyl groups is 1. The molecule has 0 aromatic heterocycles. The predicted octanol–water partition coefficient (Wildman–Crippen LogP) is 4.63. The Morgan fingerprint density at radius 2 is 1.77 bits per heavy atom. The number of rotatable bonds is 3. The molecule has 3 nitrogen and oxygen atoms in total. The molecule has 1 aromatic rings. The fourth-order valence-electron chi connectivity index (χ4n) is 2.70. The van der Waals surface area contributed by atoms with Gasteiger partial charge in [-0.2, -0.15) is 26.3 Å². The number of nitrogens with zero attached hydrogens (tertiary/aromatic N) is 1. The molecule has 2 rings (SSSR count). The van der Waals surface area contributed by atoms with E-state index in [-0.39, 0.29) is 28.2 Å². The molecule has 1 amide bonds. The lowest BCUT2D eigenvalue weighted by molar-refractivity contribution is -0.376. The van der Waals surface area contributed by atoms with Crippen LogP contribution in [0.1, 0.15) is 32.3 Å². The summed E-state index contributed by atoms with van der Waals surface area (Å²) in [6.07, 6.45) is -11.2. The van der Waals surface area contributed by atoms with Gasteiger partial charge in [-0.25, -0.2) is 0 Å². The first-order chi connectivity index (χ1) is 11.9. The zero-order valence-corrected chi connectivity index (χ0v) is 14.7. The van der Waals surface area contributed by atoms with Gasteiger partial charge in [-0.05, 0) is 18.6 Å². The summed E-state index contributed by atoms with van der Waals surface area (Å²) in [6, 6.07) is 2.28. The monoisotopic (exact) mass is 401 g/mol. The fourth-order valence-corrected chi connectivity index (χ4v) is 3.95. The molecule has 0 aliphatic carbocycles. The molecule has 1 aliphatic rings. The molecule has 1 atom stereocenters. The van der Waals surface area contributed by atoms with Crippen molar-refractivity contribution in [1.29, 1.82) is 0 Å². The first-order valence-corrected chi connectivity index (χ1v) is 8.72. The SMILES string of the molecule is CCC(=O)N1C[C@H](CC)Sc2cc(C(O)(C(F)(F)F)C(F)(F)F)ccc21. The van der Waals surface area contributed by atoms with Crippen LogP contribution in [0.4, 0.5) is 32.0 Å². The number of carbonyl (C=O) groups is 1. The van der Waals surface area contributed by atoms with E-state index in [9.17, 15) is 36.2 Å². The minimum atomic E-state index is -5.94. The van der Waals surface area contributed by atoms with Crippen LogP contribution in [0.3, 0.4) is 0 Å². The molecule has 0 unspecified atom stereocenters. The molecule has 0 spiro atoms. The molecule has 0 saturated heterocycles. The van der Waals surface area contributed by atoms with E-state index in [1.165, 1.54) is 4.90 Å². The van der Waals surface area contributed by atoms with Gasteiger partial charge in [0.2, 0.25) is 5.91 Å². The Bertz CT molecular complexity index is 674. The van der Waals surface area contributed by atoms with Crippen LogP contribution in [0, 0.1) is 0 Å². The molecule has 10 heteroatoms. The quantitative estimate of drug-likeness (QED) is 0.751. The zero-order chi connectivity index (χ0) is 19.9. The standard InChI is InChI=1S/C16H17F6NO2S/c1-3-10-8-23(13(24)4-2)11-6-5-9(7-12(11)26-10)14(25,15(17,18)19)16(20,21)22/h5-7,10,25H,3-4,8H2,1-2H3/t10-/m0/s1. The van der Waals surface area contributed by atoms with Crippen molar-refractivity contribution in [3.8, 4) is 0 Å². The number of carbonyl (C=O) groups excluding carboxylic acids is 1. The van der Waals surface area contributed by atoms with Gasteiger partial charge in [0, 0.05) is 28.7 Å². The summed E-state index contributed by atoms with van der Waals surface area (Å²) in [5.41, 5.74) is -6.04. The number of anilines is 1. The number of fused-ring (bicyclic) bond motifs is 1. The van der Waals surface area contributed by atoms with Crippen molar-refractivity contribution in [2.75, 3.05) is 11.4 Å². The van der Waals surface area contributed by atoms with Crippen LogP contribution in [0.25, 0.3) is 0 Å². The highest BCUT2D eigenvalue weighted by Crippen LogP contribution is 2.52. The van der Waals surface area contributed by atoms with Gasteiger partial charge in [-0.3, -0.25) is 4.79 Å². The summed E-state index contributed by atoms with van der Waals surface area (Å²) in [5.74, 6) is -0.278. The Kier molecular flexibility index (Phi) is 5.59. The molecule has 1 aliphatic heterocycles. The minimum Gasteiger partial charge on any atom is -0.369 e. The van der Waals surface area contributed by atoms with Crippen molar-refractivity contribution in [3.63, 3.8) is 0 Å². The first-order valence-electron chi connectivity index (χ1n) is 7.84. The molecule has 1 N–H and O–H groups in total. The van der Waals surface area contributed by atoms with Crippen LogP contribution >= 0.6 is 11.8 Å². The number of alkyl halides is 6. The van der Waals surface area contributed by atoms with Crippen molar-refractivity contribution < 1.29 is 36.2 Å². The number of thioether (sulfide) groups is 1. The lowest BCUT2D eigenvalue weighted by atomic mass is 9.92. The normalized spacial score (nSPS) is 18.7. The van der Waals surface area contributed by atoms with Gasteiger partial charge in [0.15, 0.2) is 0 Å². The molecule has 146 valence electrons. The van der Waals surface area contributed by atoms with Crippen LogP contribution in [0.5, 0.6) is 0 Å². The number of amides is 1. The Morgan fingerprint density at radius 3 is 2.23 bits per heavy atom. The summed E-state index contributed by atoms with van der Waals surface area (Å²) in [4.78, 5) is 13.6. The van der Waals surface area contributed by atoms with Crippen molar-refractivity contribution in [2.45, 2.75) is 54.8 Å². The highest BCUT2D eigenvalue weighted by molar-refractivity contribution is 8.00. The van der Waals surface area contributed by atoms with Gasteiger partial charge in [-0.15, -0.1) is 11.8 Å². The van der Waals surface area contributed by atoms with Crippen molar-refractivity contribution in [1.82, 2.24) is 0 Å². The summed E-state index contributed by atoms with van der Waals surface area (Å²) in [6.45, 7) is 3.75. The summed E-state index contributed by atoms with van der Waals surface area (Å²) in [5, 5.41) is 9.39. The van der Waals surface area contributed by atoms with Crippen LogP contribution in [0.2, 0.25) is 0 Å². The summed E-state index contributed by atoms with van der Waals surface area (Å²) >= 11 is 1.10. The summed E-state index contributed by atoms with van der Waals surface area (Å²) in [7, 11) is 0. The highest BCUT2D eigenvalue weighted by Gasteiger charge is 2.71. The maximum atomic E-state index is 13.1. The van der Waals surface area contributed by atoms with E-state index in [0.29, 0.717) is 25.1 Å². The molecule has 26 heavy (non-hydrogen) atoms. The molecule has 1 heterocycles. The van der Waals surface area contributed by atoms with E-state index in [0.717, 1.165) is 17.8 Å². The number of hydrogen-bond acceptors (Lipinski definition) is 3. The molecule has 1 aromatic carbocycles. The predicted molar refractivity (Wildman–Crippen MR) is 85.0 cm³/mol. The Labute approximate surface area is 150 Å². The average Bonchev–Trinajstić information content (AvgIpc) is 2.56. The molecule has 0 radical (unpaired) electrons. The smallest absolute Gasteiger partial charge is 0.369 e. The Balaban J connectivity index is 2.61. The second-order valence-electron chi connectivity index (χ2n) is 5.89. The molecular formula is C16H17F6NO2S. The van der Waals surface area contributed by atoms with Gasteiger partial charge in [0.05, 0.1) is 5.69 Å². The van der Waals surface area contributed by atoms with Crippen LogP contribution in [-0.2, 0) is 10.4 Å². The zero-order valence-electron chi connectivity index (χ0n) is 13.9. The van der Waals surface area contributed by atoms with E-state index in [4.69, 9.17) is 0 Å². The van der Waals surface area contributed by atoms with Crippen molar-refractivity contribution >= 4 is 23.4 Å². The molecule has 0 saturated carbocycles. The molecule has 0 bridgehead atoms. The minimum absolute atomic E-state index is 0.106. The number of benzene rings is 1. The van der Waals surface area contributed by atoms with Crippen LogP contribution in [0.15, 0.2) is 23.1 Å². The second-order valence-corrected chi connectivity index (χ2v) is 7.24. The van der Waals surface area contributed by atoms with Gasteiger partial charge >= 0.3 is 12.4 Å². The fraction of sp³-hybridized carbons (Fsp3) is 0.562. The largest absolute Gasteiger partial charge is 0.430 e. The van der Waals surface area contributed by atoms with Crippen molar-refractivity contribution in [2.24, 2.45) is 0 Å². The highest BCUT2D eigenvalue weighted by atomic mass is 32.2. The third-order valence-corrected chi connectivity index (χ3v) is 5.62. The van der Waals surface area contributed by atoms with Gasteiger partial charge in [0.25, 0.3) is 5.60 Å². The maximum Gasteiger partial charge on any atom is 0.430 e. The maximum absolute atomic E-state index is 13.1. The second kappa shape index (κ2) is 6.95. The lowest BCUT2D eigenvalue weighted by Gasteiger charge is -2.36. The third kappa shape index (κ3) is 3.40. The van der Waals surface area contributed by atoms with Gasteiger partial charge in [-0.1, -0.05) is 19.9 Å². The average molecular weight is 401 g/mol. The van der Waals surface area contributed by atoms with E-state index in [1.54, 1.807) is 6.92 Å². The van der Waals surface area contributed by atoms with E-state index < -0.39 is 23.5 Å². The summed E-state index contributed by atoms with van der Waals surface area (Å²) < 4.78 is 78.5. The van der Waals surface area contributed by atoms with Crippen LogP contribution in [-0.4, -0.2) is 35.2 Å².